The highest BCUT2D eigenvalue weighted by Crippen LogP contribution is 2.74. The minimum absolute atomic E-state index is 0.0368. The molecular formula is C23H32O3. The number of ketones is 1. The van der Waals surface area contributed by atoms with Crippen molar-refractivity contribution in [1.82, 2.24) is 0 Å². The van der Waals surface area contributed by atoms with Gasteiger partial charge < -0.3 is 9.84 Å². The molecule has 1 aromatic carbocycles. The van der Waals surface area contributed by atoms with Gasteiger partial charge in [-0.15, -0.1) is 0 Å². The van der Waals surface area contributed by atoms with Gasteiger partial charge in [-0.25, -0.2) is 0 Å². The Kier molecular flexibility index (Phi) is 3.95. The van der Waals surface area contributed by atoms with Gasteiger partial charge in [-0.05, 0) is 62.5 Å². The standard InChI is InChI=1S/C23H32O3/c1-6-7-8-9-14-12-16-18(21(25)17(14)13(2)24)20-19-15(22(20,3)4)10-11-23(19,5)26-16/h12,15,19-20,25H,6-11H2,1-5H3/t15-,19?,20?,23-/m1/s1. The van der Waals surface area contributed by atoms with E-state index < -0.39 is 0 Å². The number of hydrogen-bond acceptors (Lipinski definition) is 3. The van der Waals surface area contributed by atoms with Gasteiger partial charge in [0.1, 0.15) is 17.1 Å². The Labute approximate surface area is 157 Å². The van der Waals surface area contributed by atoms with E-state index in [0.29, 0.717) is 17.4 Å². The predicted octanol–water partition coefficient (Wildman–Crippen LogP) is 5.63. The number of carbonyl (C=O) groups excluding carboxylic acids is 1. The fraction of sp³-hybridized carbons (Fsp3) is 0.696. The summed E-state index contributed by atoms with van der Waals surface area (Å²) in [5.74, 6) is 2.39. The first-order valence-corrected chi connectivity index (χ1v) is 10.3. The summed E-state index contributed by atoms with van der Waals surface area (Å²) in [5.41, 5.74) is 2.42. The first-order valence-electron chi connectivity index (χ1n) is 10.3. The maximum absolute atomic E-state index is 12.4. The lowest BCUT2D eigenvalue weighted by Crippen LogP contribution is -2.59. The summed E-state index contributed by atoms with van der Waals surface area (Å²) in [5, 5.41) is 11.2. The molecule has 0 amide bonds. The van der Waals surface area contributed by atoms with Crippen molar-refractivity contribution in [2.75, 3.05) is 0 Å². The average molecular weight is 357 g/mol. The SMILES string of the molecule is CCCCCc1cc2c(c(O)c1C(C)=O)C1C3[C@@H](CC[C@@]3(C)O2)C1(C)C. The van der Waals surface area contributed by atoms with Crippen LogP contribution in [0.5, 0.6) is 11.5 Å². The number of aromatic hydroxyl groups is 1. The quantitative estimate of drug-likeness (QED) is 0.549. The summed E-state index contributed by atoms with van der Waals surface area (Å²) in [6.07, 6.45) is 6.41. The average Bonchev–Trinajstić information content (AvgIpc) is 2.88. The number of fused-ring (bicyclic) bond motifs is 2. The molecule has 26 heavy (non-hydrogen) atoms. The van der Waals surface area contributed by atoms with Gasteiger partial charge >= 0.3 is 0 Å². The zero-order chi connectivity index (χ0) is 18.9. The molecule has 1 N–H and O–H groups in total. The molecule has 2 saturated carbocycles. The molecule has 1 aliphatic heterocycles. The minimum atomic E-state index is -0.122. The molecule has 2 aliphatic carbocycles. The van der Waals surface area contributed by atoms with E-state index in [4.69, 9.17) is 4.74 Å². The van der Waals surface area contributed by atoms with E-state index in [1.54, 1.807) is 6.92 Å². The van der Waals surface area contributed by atoms with Crippen LogP contribution in [0.15, 0.2) is 6.07 Å². The molecule has 0 saturated heterocycles. The smallest absolute Gasteiger partial charge is 0.163 e. The molecule has 0 radical (unpaired) electrons. The normalized spacial score (nSPS) is 33.0. The summed E-state index contributed by atoms with van der Waals surface area (Å²) in [6, 6.07) is 2.07. The van der Waals surface area contributed by atoms with E-state index >= 15 is 0 Å². The third-order valence-electron chi connectivity index (χ3n) is 7.65. The van der Waals surface area contributed by atoms with Crippen molar-refractivity contribution in [2.45, 2.75) is 84.7 Å². The van der Waals surface area contributed by atoms with Gasteiger partial charge in [0.2, 0.25) is 0 Å². The van der Waals surface area contributed by atoms with Crippen LogP contribution in [0.2, 0.25) is 0 Å². The molecule has 0 bridgehead atoms. The molecule has 1 heterocycles. The lowest BCUT2D eigenvalue weighted by Gasteiger charge is -2.62. The zero-order valence-corrected chi connectivity index (χ0v) is 16.8. The largest absolute Gasteiger partial charge is 0.507 e. The number of benzene rings is 1. The Hall–Kier alpha value is -1.51. The number of phenols is 1. The monoisotopic (exact) mass is 356 g/mol. The highest BCUT2D eigenvalue weighted by atomic mass is 16.5. The zero-order valence-electron chi connectivity index (χ0n) is 16.8. The number of Topliss-reactive ketones (excluding diaryl/α,β-unsaturated/α-hetero) is 1. The van der Waals surface area contributed by atoms with E-state index in [0.717, 1.165) is 49.0 Å². The fourth-order valence-electron chi connectivity index (χ4n) is 6.38. The molecule has 142 valence electrons. The molecule has 2 fully saturated rings. The first kappa shape index (κ1) is 17.9. The molecule has 3 nitrogen and oxygen atoms in total. The number of carbonyl (C=O) groups is 1. The van der Waals surface area contributed by atoms with Crippen LogP contribution in [0.3, 0.4) is 0 Å². The summed E-state index contributed by atoms with van der Waals surface area (Å²) in [4.78, 5) is 12.4. The molecule has 3 heteroatoms. The van der Waals surface area contributed by atoms with E-state index in [1.807, 2.05) is 0 Å². The maximum Gasteiger partial charge on any atom is 0.163 e. The van der Waals surface area contributed by atoms with Crippen molar-refractivity contribution in [3.05, 3.63) is 22.8 Å². The Morgan fingerprint density at radius 3 is 2.69 bits per heavy atom. The van der Waals surface area contributed by atoms with Crippen LogP contribution >= 0.6 is 0 Å². The van der Waals surface area contributed by atoms with Crippen LogP contribution < -0.4 is 4.74 Å². The van der Waals surface area contributed by atoms with Crippen molar-refractivity contribution >= 4 is 5.78 Å². The third kappa shape index (κ3) is 2.21. The summed E-state index contributed by atoms with van der Waals surface area (Å²) in [6.45, 7) is 10.6. The molecule has 0 spiro atoms. The van der Waals surface area contributed by atoms with Gasteiger partial charge in [0.25, 0.3) is 0 Å². The molecule has 0 aromatic heterocycles. The van der Waals surface area contributed by atoms with Crippen molar-refractivity contribution in [3.8, 4) is 11.5 Å². The van der Waals surface area contributed by atoms with Crippen molar-refractivity contribution in [2.24, 2.45) is 17.3 Å². The van der Waals surface area contributed by atoms with Crippen LogP contribution in [0.1, 0.15) is 94.1 Å². The predicted molar refractivity (Wildman–Crippen MR) is 103 cm³/mol. The van der Waals surface area contributed by atoms with Crippen LogP contribution in [0.25, 0.3) is 0 Å². The van der Waals surface area contributed by atoms with Gasteiger partial charge in [-0.3, -0.25) is 4.79 Å². The summed E-state index contributed by atoms with van der Waals surface area (Å²) < 4.78 is 6.53. The number of aryl methyl sites for hydroxylation is 1. The topological polar surface area (TPSA) is 46.5 Å². The second kappa shape index (κ2) is 5.74. The molecule has 2 unspecified atom stereocenters. The van der Waals surface area contributed by atoms with Gasteiger partial charge in [-0.1, -0.05) is 33.6 Å². The lowest BCUT2D eigenvalue weighted by molar-refractivity contribution is -0.121. The number of ether oxygens (including phenoxy) is 1. The van der Waals surface area contributed by atoms with Gasteiger partial charge in [0, 0.05) is 17.4 Å². The number of rotatable bonds is 5. The number of phenolic OH excluding ortho intramolecular Hbond substituents is 1. The Morgan fingerprint density at radius 2 is 2.04 bits per heavy atom. The first-order chi connectivity index (χ1) is 12.2. The Balaban J connectivity index is 1.85. The van der Waals surface area contributed by atoms with Gasteiger partial charge in [-0.2, -0.15) is 0 Å². The number of hydrogen-bond donors (Lipinski definition) is 1. The minimum Gasteiger partial charge on any atom is -0.507 e. The second-order valence-electron chi connectivity index (χ2n) is 9.57. The van der Waals surface area contributed by atoms with E-state index in [1.165, 1.54) is 6.42 Å². The van der Waals surface area contributed by atoms with E-state index in [-0.39, 0.29) is 28.5 Å². The lowest BCUT2D eigenvalue weighted by atomic mass is 9.45. The summed E-state index contributed by atoms with van der Waals surface area (Å²) in [7, 11) is 0. The van der Waals surface area contributed by atoms with E-state index in [9.17, 15) is 9.90 Å². The Morgan fingerprint density at radius 1 is 1.31 bits per heavy atom. The Bertz CT molecular complexity index is 763. The molecule has 1 aromatic rings. The summed E-state index contributed by atoms with van der Waals surface area (Å²) >= 11 is 0. The molecular weight excluding hydrogens is 324 g/mol. The molecule has 4 atom stereocenters. The second-order valence-corrected chi connectivity index (χ2v) is 9.57. The van der Waals surface area contributed by atoms with Crippen molar-refractivity contribution < 1.29 is 14.6 Å². The van der Waals surface area contributed by atoms with Crippen LogP contribution in [-0.2, 0) is 6.42 Å². The molecule has 3 aliphatic rings. The van der Waals surface area contributed by atoms with E-state index in [2.05, 4.69) is 33.8 Å². The van der Waals surface area contributed by atoms with Gasteiger partial charge in [0.05, 0.1) is 5.56 Å². The fourth-order valence-corrected chi connectivity index (χ4v) is 6.38. The molecule has 4 rings (SSSR count). The number of unbranched alkanes of at least 4 members (excludes halogenated alkanes) is 2. The third-order valence-corrected chi connectivity index (χ3v) is 7.65. The van der Waals surface area contributed by atoms with Crippen LogP contribution in [-0.4, -0.2) is 16.5 Å². The van der Waals surface area contributed by atoms with Gasteiger partial charge in [0.15, 0.2) is 5.78 Å². The highest BCUT2D eigenvalue weighted by molar-refractivity contribution is 5.99. The maximum atomic E-state index is 12.4. The van der Waals surface area contributed by atoms with Crippen LogP contribution in [0, 0.1) is 17.3 Å². The van der Waals surface area contributed by atoms with Crippen molar-refractivity contribution in [3.63, 3.8) is 0 Å². The van der Waals surface area contributed by atoms with Crippen LogP contribution in [0.4, 0.5) is 0 Å². The highest BCUT2D eigenvalue weighted by Gasteiger charge is 2.69. The van der Waals surface area contributed by atoms with Crippen molar-refractivity contribution in [1.29, 1.82) is 0 Å².